The quantitative estimate of drug-likeness (QED) is 0.670. The molecule has 2 amide bonds. The highest BCUT2D eigenvalue weighted by Gasteiger charge is 2.33. The van der Waals surface area contributed by atoms with Crippen LogP contribution in [0, 0.1) is 11.8 Å². The zero-order chi connectivity index (χ0) is 22.5. The molecule has 1 heterocycles. The predicted octanol–water partition coefficient (Wildman–Crippen LogP) is 1.78. The van der Waals surface area contributed by atoms with Gasteiger partial charge in [-0.05, 0) is 31.2 Å². The number of benzene rings is 1. The van der Waals surface area contributed by atoms with Gasteiger partial charge in [0.1, 0.15) is 11.8 Å². The van der Waals surface area contributed by atoms with Gasteiger partial charge < -0.3 is 10.2 Å². The molecule has 1 aromatic rings. The number of hydrogen-bond acceptors (Lipinski definition) is 5. The second-order valence-electron chi connectivity index (χ2n) is 8.52. The second-order valence-corrected chi connectivity index (χ2v) is 10.7. The van der Waals surface area contributed by atoms with Crippen molar-refractivity contribution in [1.29, 1.82) is 0 Å². The number of rotatable bonds is 8. The van der Waals surface area contributed by atoms with Gasteiger partial charge in [0.25, 0.3) is 0 Å². The number of nitrogens with zero attached hydrogens (tertiary/aromatic N) is 1. The first-order valence-electron chi connectivity index (χ1n) is 10.3. The topological polar surface area (TPSA) is 101 Å². The highest BCUT2D eigenvalue weighted by Crippen LogP contribution is 2.25. The van der Waals surface area contributed by atoms with Gasteiger partial charge in [0.2, 0.25) is 11.8 Å². The van der Waals surface area contributed by atoms with Gasteiger partial charge in [0, 0.05) is 25.3 Å². The van der Waals surface area contributed by atoms with Crippen molar-refractivity contribution in [3.05, 3.63) is 35.9 Å². The predicted molar refractivity (Wildman–Crippen MR) is 116 cm³/mol. The summed E-state index contributed by atoms with van der Waals surface area (Å²) in [4.78, 5) is 39.6. The van der Waals surface area contributed by atoms with E-state index in [0.717, 1.165) is 11.8 Å². The number of likely N-dealkylation sites (tertiary alicyclic amines) is 1. The average molecular weight is 437 g/mol. The lowest BCUT2D eigenvalue weighted by Gasteiger charge is -2.34. The lowest BCUT2D eigenvalue weighted by atomic mass is 9.87. The molecule has 0 spiro atoms. The Morgan fingerprint density at radius 3 is 2.33 bits per heavy atom. The number of nitrogens with one attached hydrogen (secondary N) is 1. The SMILES string of the molecule is CC(C)[C@@H](C(=O)N[C@H](C)C(=O)N1CCC[C@H](C(=O)CS(C)(=O)=O)C1)c1ccccc1. The van der Waals surface area contributed by atoms with E-state index in [1.165, 1.54) is 0 Å². The Kier molecular flexibility index (Phi) is 8.18. The minimum Gasteiger partial charge on any atom is -0.344 e. The summed E-state index contributed by atoms with van der Waals surface area (Å²) in [6.07, 6.45) is 2.24. The maximum absolute atomic E-state index is 12.9. The van der Waals surface area contributed by atoms with E-state index < -0.39 is 27.5 Å². The summed E-state index contributed by atoms with van der Waals surface area (Å²) in [5.74, 6) is -2.10. The summed E-state index contributed by atoms with van der Waals surface area (Å²) in [6, 6.07) is 8.73. The van der Waals surface area contributed by atoms with Crippen molar-refractivity contribution in [2.45, 2.75) is 45.6 Å². The normalized spacial score (nSPS) is 19.2. The summed E-state index contributed by atoms with van der Waals surface area (Å²) >= 11 is 0. The molecule has 0 unspecified atom stereocenters. The summed E-state index contributed by atoms with van der Waals surface area (Å²) in [5, 5.41) is 2.83. The number of Topliss-reactive ketones (excluding diaryl/α,β-unsaturated/α-hetero) is 1. The van der Waals surface area contributed by atoms with Crippen LogP contribution in [0.2, 0.25) is 0 Å². The van der Waals surface area contributed by atoms with E-state index in [2.05, 4.69) is 5.32 Å². The van der Waals surface area contributed by atoms with Gasteiger partial charge in [-0.15, -0.1) is 0 Å². The first kappa shape index (κ1) is 24.1. The number of sulfone groups is 1. The van der Waals surface area contributed by atoms with Crippen molar-refractivity contribution < 1.29 is 22.8 Å². The van der Waals surface area contributed by atoms with Crippen LogP contribution in [-0.4, -0.2) is 62.1 Å². The average Bonchev–Trinajstić information content (AvgIpc) is 2.66. The number of hydrogen-bond donors (Lipinski definition) is 1. The Morgan fingerprint density at radius 1 is 1.13 bits per heavy atom. The van der Waals surface area contributed by atoms with E-state index in [4.69, 9.17) is 0 Å². The fourth-order valence-corrected chi connectivity index (χ4v) is 4.71. The molecule has 0 aromatic heterocycles. The molecule has 1 fully saturated rings. The van der Waals surface area contributed by atoms with Gasteiger partial charge in [-0.1, -0.05) is 44.2 Å². The lowest BCUT2D eigenvalue weighted by molar-refractivity contribution is -0.139. The van der Waals surface area contributed by atoms with Crippen LogP contribution < -0.4 is 5.32 Å². The number of ketones is 1. The van der Waals surface area contributed by atoms with Crippen LogP contribution >= 0.6 is 0 Å². The van der Waals surface area contributed by atoms with Crippen LogP contribution in [0.3, 0.4) is 0 Å². The largest absolute Gasteiger partial charge is 0.344 e. The van der Waals surface area contributed by atoms with Crippen LogP contribution in [-0.2, 0) is 24.2 Å². The minimum absolute atomic E-state index is 0.0580. The molecule has 0 radical (unpaired) electrons. The van der Waals surface area contributed by atoms with Crippen molar-refractivity contribution in [2.24, 2.45) is 11.8 Å². The summed E-state index contributed by atoms with van der Waals surface area (Å²) in [6.45, 7) is 6.26. The van der Waals surface area contributed by atoms with E-state index in [1.54, 1.807) is 11.8 Å². The third kappa shape index (κ3) is 6.65. The smallest absolute Gasteiger partial charge is 0.244 e. The molecule has 1 aliphatic rings. The summed E-state index contributed by atoms with van der Waals surface area (Å²) < 4.78 is 22.8. The van der Waals surface area contributed by atoms with E-state index in [-0.39, 0.29) is 36.0 Å². The van der Waals surface area contributed by atoms with E-state index in [1.807, 2.05) is 44.2 Å². The van der Waals surface area contributed by atoms with E-state index in [0.29, 0.717) is 19.4 Å². The van der Waals surface area contributed by atoms with Gasteiger partial charge >= 0.3 is 0 Å². The second kappa shape index (κ2) is 10.2. The number of piperidine rings is 1. The summed E-state index contributed by atoms with van der Waals surface area (Å²) in [5.41, 5.74) is 0.897. The Hall–Kier alpha value is -2.22. The van der Waals surface area contributed by atoms with Crippen LogP contribution in [0.4, 0.5) is 0 Å². The van der Waals surface area contributed by atoms with Gasteiger partial charge in [0.15, 0.2) is 15.6 Å². The first-order valence-corrected chi connectivity index (χ1v) is 12.4. The molecule has 0 aliphatic carbocycles. The van der Waals surface area contributed by atoms with Crippen LogP contribution in [0.25, 0.3) is 0 Å². The fraction of sp³-hybridized carbons (Fsp3) is 0.591. The molecule has 1 saturated heterocycles. The fourth-order valence-electron chi connectivity index (χ4n) is 3.95. The zero-order valence-corrected chi connectivity index (χ0v) is 18.9. The maximum atomic E-state index is 12.9. The molecule has 166 valence electrons. The van der Waals surface area contributed by atoms with Gasteiger partial charge in [-0.25, -0.2) is 8.42 Å². The van der Waals surface area contributed by atoms with Crippen LogP contribution in [0.1, 0.15) is 45.1 Å². The zero-order valence-electron chi connectivity index (χ0n) is 18.1. The number of carbonyl (C=O) groups excluding carboxylic acids is 3. The number of amides is 2. The van der Waals surface area contributed by atoms with Crippen molar-refractivity contribution in [1.82, 2.24) is 10.2 Å². The first-order chi connectivity index (χ1) is 14.0. The molecule has 30 heavy (non-hydrogen) atoms. The molecule has 1 N–H and O–H groups in total. The molecule has 3 atom stereocenters. The Morgan fingerprint density at radius 2 is 1.77 bits per heavy atom. The van der Waals surface area contributed by atoms with Crippen molar-refractivity contribution >= 4 is 27.4 Å². The van der Waals surface area contributed by atoms with E-state index >= 15 is 0 Å². The maximum Gasteiger partial charge on any atom is 0.244 e. The minimum atomic E-state index is -3.40. The third-order valence-corrected chi connectivity index (χ3v) is 6.24. The van der Waals surface area contributed by atoms with Crippen molar-refractivity contribution in [3.8, 4) is 0 Å². The molecule has 1 aromatic carbocycles. The molecular formula is C22H32N2O5S. The van der Waals surface area contributed by atoms with Crippen LogP contribution in [0.15, 0.2) is 30.3 Å². The Labute approximate surface area is 179 Å². The van der Waals surface area contributed by atoms with Crippen molar-refractivity contribution in [2.75, 3.05) is 25.1 Å². The van der Waals surface area contributed by atoms with Gasteiger partial charge in [0.05, 0.1) is 5.92 Å². The molecule has 1 aliphatic heterocycles. The molecule has 8 heteroatoms. The monoisotopic (exact) mass is 436 g/mol. The summed E-state index contributed by atoms with van der Waals surface area (Å²) in [7, 11) is -3.40. The number of carbonyl (C=O) groups is 3. The van der Waals surface area contributed by atoms with Crippen molar-refractivity contribution in [3.63, 3.8) is 0 Å². The standard InChI is InChI=1S/C22H32N2O5S/c1-15(2)20(17-9-6-5-7-10-17)21(26)23-16(3)22(27)24-12-8-11-18(13-24)19(25)14-30(4,28)29/h5-7,9-10,15-16,18,20H,8,11-14H2,1-4H3,(H,23,26)/t16-,18+,20-/m1/s1. The highest BCUT2D eigenvalue weighted by molar-refractivity contribution is 7.91. The molecule has 0 saturated carbocycles. The molecule has 2 rings (SSSR count). The van der Waals surface area contributed by atoms with Gasteiger partial charge in [-0.2, -0.15) is 0 Å². The van der Waals surface area contributed by atoms with Crippen LogP contribution in [0.5, 0.6) is 0 Å². The Bertz CT molecular complexity index is 867. The van der Waals surface area contributed by atoms with Gasteiger partial charge in [-0.3, -0.25) is 14.4 Å². The molecular weight excluding hydrogens is 404 g/mol. The molecule has 7 nitrogen and oxygen atoms in total. The third-order valence-electron chi connectivity index (χ3n) is 5.43. The van der Waals surface area contributed by atoms with E-state index in [9.17, 15) is 22.8 Å². The highest BCUT2D eigenvalue weighted by atomic mass is 32.2. The Balaban J connectivity index is 2.02. The lowest BCUT2D eigenvalue weighted by Crippen LogP contribution is -2.52. The molecule has 0 bridgehead atoms.